The lowest BCUT2D eigenvalue weighted by Crippen LogP contribution is -2.32. The minimum Gasteiger partial charge on any atom is -0.361 e. The molecule has 0 fully saturated rings. The van der Waals surface area contributed by atoms with Crippen LogP contribution >= 0.6 is 0 Å². The van der Waals surface area contributed by atoms with E-state index in [9.17, 15) is 9.59 Å². The first-order valence-electron chi connectivity index (χ1n) is 8.96. The molecule has 1 aromatic heterocycles. The molecule has 5 heteroatoms. The van der Waals surface area contributed by atoms with Crippen molar-refractivity contribution in [3.63, 3.8) is 0 Å². The average molecular weight is 361 g/mol. The summed E-state index contributed by atoms with van der Waals surface area (Å²) in [6, 6.07) is 15.5. The Balaban J connectivity index is 1.80. The molecule has 3 rings (SSSR count). The summed E-state index contributed by atoms with van der Waals surface area (Å²) in [5.74, 6) is -0.306. The van der Waals surface area contributed by atoms with Gasteiger partial charge in [0, 0.05) is 36.9 Å². The predicted molar refractivity (Wildman–Crippen MR) is 107 cm³/mol. The van der Waals surface area contributed by atoms with Crippen LogP contribution in [-0.4, -0.2) is 28.2 Å². The highest BCUT2D eigenvalue weighted by Gasteiger charge is 2.18. The summed E-state index contributed by atoms with van der Waals surface area (Å²) in [4.78, 5) is 29.6. The van der Waals surface area contributed by atoms with Gasteiger partial charge in [-0.05, 0) is 53.8 Å². The van der Waals surface area contributed by atoms with E-state index in [1.807, 2.05) is 54.4 Å². The summed E-state index contributed by atoms with van der Waals surface area (Å²) in [5.41, 5.74) is 3.55. The topological polar surface area (TPSA) is 65.2 Å². The number of aromatic amines is 1. The van der Waals surface area contributed by atoms with Gasteiger partial charge in [-0.25, -0.2) is 0 Å². The second-order valence-corrected chi connectivity index (χ2v) is 6.30. The van der Waals surface area contributed by atoms with Crippen molar-refractivity contribution in [1.29, 1.82) is 0 Å². The Hall–Kier alpha value is -3.34. The Morgan fingerprint density at radius 3 is 2.78 bits per heavy atom. The Morgan fingerprint density at radius 1 is 1.19 bits per heavy atom. The second kappa shape index (κ2) is 8.36. The summed E-state index contributed by atoms with van der Waals surface area (Å²) in [6.45, 7) is 6.83. The van der Waals surface area contributed by atoms with E-state index >= 15 is 0 Å². The van der Waals surface area contributed by atoms with E-state index in [2.05, 4.69) is 22.9 Å². The van der Waals surface area contributed by atoms with Crippen LogP contribution in [0.1, 0.15) is 28.4 Å². The first-order valence-corrected chi connectivity index (χ1v) is 8.96. The van der Waals surface area contributed by atoms with E-state index in [1.165, 1.54) is 6.08 Å². The van der Waals surface area contributed by atoms with Crippen molar-refractivity contribution in [2.24, 2.45) is 0 Å². The maximum absolute atomic E-state index is 13.1. The standard InChI is InChI=1S/C22H23N3O2/c1-3-21(26)24-14-18-7-5-6-8-19(18)22(27)25(4-2)15-16-9-10-20-17(13-16)11-12-23-20/h3,5-13,23H,1,4,14-15H2,2H3,(H,24,26). The minimum atomic E-state index is -0.260. The van der Waals surface area contributed by atoms with Crippen molar-refractivity contribution in [3.05, 3.63) is 84.1 Å². The molecule has 2 amide bonds. The molecule has 0 aliphatic rings. The maximum atomic E-state index is 13.1. The fraction of sp³-hybridized carbons (Fsp3) is 0.182. The molecule has 0 atom stereocenters. The highest BCUT2D eigenvalue weighted by molar-refractivity contribution is 5.96. The van der Waals surface area contributed by atoms with Gasteiger partial charge in [-0.3, -0.25) is 9.59 Å². The van der Waals surface area contributed by atoms with Gasteiger partial charge in [0.2, 0.25) is 5.91 Å². The maximum Gasteiger partial charge on any atom is 0.254 e. The Labute approximate surface area is 158 Å². The molecule has 1 heterocycles. The van der Waals surface area contributed by atoms with Gasteiger partial charge in [-0.1, -0.05) is 30.8 Å². The third-order valence-corrected chi connectivity index (χ3v) is 4.55. The molecule has 0 unspecified atom stereocenters. The predicted octanol–water partition coefficient (Wildman–Crippen LogP) is 3.63. The minimum absolute atomic E-state index is 0.0462. The molecule has 0 saturated heterocycles. The van der Waals surface area contributed by atoms with Crippen molar-refractivity contribution in [3.8, 4) is 0 Å². The van der Waals surface area contributed by atoms with Crippen LogP contribution in [0.2, 0.25) is 0 Å². The summed E-state index contributed by atoms with van der Waals surface area (Å²) in [5, 5.41) is 3.86. The highest BCUT2D eigenvalue weighted by Crippen LogP contribution is 2.18. The molecule has 3 aromatic rings. The van der Waals surface area contributed by atoms with Crippen molar-refractivity contribution < 1.29 is 9.59 Å². The number of benzene rings is 2. The Bertz CT molecular complexity index is 974. The van der Waals surface area contributed by atoms with Crippen LogP contribution < -0.4 is 5.32 Å². The van der Waals surface area contributed by atoms with E-state index in [4.69, 9.17) is 0 Å². The van der Waals surface area contributed by atoms with Crippen molar-refractivity contribution in [2.75, 3.05) is 6.54 Å². The number of hydrogen-bond donors (Lipinski definition) is 2. The van der Waals surface area contributed by atoms with Gasteiger partial charge in [0.25, 0.3) is 5.91 Å². The van der Waals surface area contributed by atoms with Gasteiger partial charge in [-0.15, -0.1) is 0 Å². The molecular weight excluding hydrogens is 338 g/mol. The van der Waals surface area contributed by atoms with Crippen LogP contribution in [0.3, 0.4) is 0 Å². The zero-order valence-electron chi connectivity index (χ0n) is 15.4. The summed E-state index contributed by atoms with van der Waals surface area (Å²) in [7, 11) is 0. The quantitative estimate of drug-likeness (QED) is 0.631. The molecule has 5 nitrogen and oxygen atoms in total. The summed E-state index contributed by atoms with van der Waals surface area (Å²) < 4.78 is 0. The first kappa shape index (κ1) is 18.5. The highest BCUT2D eigenvalue weighted by atomic mass is 16.2. The summed E-state index contributed by atoms with van der Waals surface area (Å²) in [6.07, 6.45) is 3.13. The van der Waals surface area contributed by atoms with Gasteiger partial charge in [-0.2, -0.15) is 0 Å². The number of nitrogens with zero attached hydrogens (tertiary/aromatic N) is 1. The normalized spacial score (nSPS) is 10.6. The van der Waals surface area contributed by atoms with Crippen LogP contribution in [0.5, 0.6) is 0 Å². The van der Waals surface area contributed by atoms with Gasteiger partial charge >= 0.3 is 0 Å². The molecular formula is C22H23N3O2. The fourth-order valence-corrected chi connectivity index (χ4v) is 3.06. The molecule has 27 heavy (non-hydrogen) atoms. The Kier molecular flexibility index (Phi) is 5.71. The van der Waals surface area contributed by atoms with E-state index in [-0.39, 0.29) is 11.8 Å². The lowest BCUT2D eigenvalue weighted by Gasteiger charge is -2.22. The van der Waals surface area contributed by atoms with E-state index in [0.29, 0.717) is 25.2 Å². The number of amides is 2. The van der Waals surface area contributed by atoms with E-state index in [0.717, 1.165) is 22.0 Å². The lowest BCUT2D eigenvalue weighted by molar-refractivity contribution is -0.116. The van der Waals surface area contributed by atoms with Crippen LogP contribution in [0, 0.1) is 0 Å². The molecule has 0 bridgehead atoms. The average Bonchev–Trinajstić information content (AvgIpc) is 3.17. The molecule has 0 aliphatic heterocycles. The zero-order valence-corrected chi connectivity index (χ0v) is 15.4. The number of H-pyrrole nitrogens is 1. The van der Waals surface area contributed by atoms with Gasteiger partial charge in [0.05, 0.1) is 0 Å². The molecule has 0 radical (unpaired) electrons. The monoisotopic (exact) mass is 361 g/mol. The summed E-state index contributed by atoms with van der Waals surface area (Å²) >= 11 is 0. The number of aromatic nitrogens is 1. The zero-order chi connectivity index (χ0) is 19.2. The van der Waals surface area contributed by atoms with E-state index in [1.54, 1.807) is 6.07 Å². The fourth-order valence-electron chi connectivity index (χ4n) is 3.06. The molecule has 2 aromatic carbocycles. The number of nitrogens with one attached hydrogen (secondary N) is 2. The van der Waals surface area contributed by atoms with Gasteiger partial charge in [0.1, 0.15) is 0 Å². The number of fused-ring (bicyclic) bond motifs is 1. The van der Waals surface area contributed by atoms with Crippen molar-refractivity contribution >= 4 is 22.7 Å². The lowest BCUT2D eigenvalue weighted by atomic mass is 10.1. The number of carbonyl (C=O) groups is 2. The number of hydrogen-bond acceptors (Lipinski definition) is 2. The number of rotatable bonds is 7. The van der Waals surface area contributed by atoms with Crippen molar-refractivity contribution in [2.45, 2.75) is 20.0 Å². The molecule has 0 saturated carbocycles. The smallest absolute Gasteiger partial charge is 0.254 e. The van der Waals surface area contributed by atoms with Crippen LogP contribution in [0.15, 0.2) is 67.4 Å². The first-order chi connectivity index (χ1) is 13.1. The van der Waals surface area contributed by atoms with Crippen molar-refractivity contribution in [1.82, 2.24) is 15.2 Å². The van der Waals surface area contributed by atoms with Gasteiger partial charge in [0.15, 0.2) is 0 Å². The SMILES string of the molecule is C=CC(=O)NCc1ccccc1C(=O)N(CC)Cc1ccc2[nH]ccc2c1. The molecule has 138 valence electrons. The Morgan fingerprint density at radius 2 is 2.00 bits per heavy atom. The molecule has 0 spiro atoms. The van der Waals surface area contributed by atoms with Crippen LogP contribution in [-0.2, 0) is 17.9 Å². The molecule has 0 aliphatic carbocycles. The third kappa shape index (κ3) is 4.26. The molecule has 2 N–H and O–H groups in total. The second-order valence-electron chi connectivity index (χ2n) is 6.30. The van der Waals surface area contributed by atoms with Crippen LogP contribution in [0.25, 0.3) is 10.9 Å². The third-order valence-electron chi connectivity index (χ3n) is 4.55. The largest absolute Gasteiger partial charge is 0.361 e. The van der Waals surface area contributed by atoms with Crippen LogP contribution in [0.4, 0.5) is 0 Å². The van der Waals surface area contributed by atoms with E-state index < -0.39 is 0 Å². The van der Waals surface area contributed by atoms with Gasteiger partial charge < -0.3 is 15.2 Å². The number of carbonyl (C=O) groups excluding carboxylic acids is 2.